The molecule has 0 saturated heterocycles. The maximum Gasteiger partial charge on any atom is 0.237 e. The molecule has 5 heteroatoms. The fraction of sp³-hybridized carbons (Fsp3) is 0.643. The van der Waals surface area contributed by atoms with Crippen molar-refractivity contribution in [1.82, 2.24) is 5.32 Å². The summed E-state index contributed by atoms with van der Waals surface area (Å²) in [7, 11) is 0. The summed E-state index contributed by atoms with van der Waals surface area (Å²) in [6.45, 7) is 6.91. The molecular formula is C14H25ClN2OS. The molecule has 0 bridgehead atoms. The predicted octanol–water partition coefficient (Wildman–Crippen LogP) is 2.84. The number of hydrogen-bond donors (Lipinski definition) is 2. The third kappa shape index (κ3) is 6.41. The molecule has 3 atom stereocenters. The van der Waals surface area contributed by atoms with E-state index in [2.05, 4.69) is 36.7 Å². The van der Waals surface area contributed by atoms with E-state index in [-0.39, 0.29) is 30.3 Å². The molecule has 0 aromatic carbocycles. The highest BCUT2D eigenvalue weighted by molar-refractivity contribution is 7.09. The van der Waals surface area contributed by atoms with Gasteiger partial charge in [0.1, 0.15) is 0 Å². The van der Waals surface area contributed by atoms with Crippen LogP contribution in [0.15, 0.2) is 17.5 Å². The SMILES string of the molecule is CCC(C)C(N)C(=O)NCC(C)Cc1cccs1.Cl. The molecule has 3 unspecified atom stereocenters. The summed E-state index contributed by atoms with van der Waals surface area (Å²) in [6.07, 6.45) is 1.94. The molecular weight excluding hydrogens is 280 g/mol. The van der Waals surface area contributed by atoms with Gasteiger partial charge in [-0.05, 0) is 29.7 Å². The molecule has 1 heterocycles. The summed E-state index contributed by atoms with van der Waals surface area (Å²) in [5, 5.41) is 5.03. The van der Waals surface area contributed by atoms with E-state index in [0.717, 1.165) is 12.8 Å². The van der Waals surface area contributed by atoms with Gasteiger partial charge in [-0.3, -0.25) is 4.79 Å². The fourth-order valence-electron chi connectivity index (χ4n) is 1.75. The molecule has 19 heavy (non-hydrogen) atoms. The second kappa shape index (κ2) is 9.34. The van der Waals surface area contributed by atoms with Crippen LogP contribution in [0.3, 0.4) is 0 Å². The van der Waals surface area contributed by atoms with E-state index in [1.165, 1.54) is 4.88 Å². The molecule has 0 saturated carbocycles. The van der Waals surface area contributed by atoms with Crippen LogP contribution in [-0.4, -0.2) is 18.5 Å². The first-order chi connectivity index (χ1) is 8.54. The van der Waals surface area contributed by atoms with Crippen molar-refractivity contribution in [3.63, 3.8) is 0 Å². The molecule has 1 rings (SSSR count). The first-order valence-corrected chi connectivity index (χ1v) is 7.48. The van der Waals surface area contributed by atoms with Crippen molar-refractivity contribution in [2.45, 2.75) is 39.7 Å². The van der Waals surface area contributed by atoms with Crippen LogP contribution in [-0.2, 0) is 11.2 Å². The van der Waals surface area contributed by atoms with Crippen LogP contribution in [0.1, 0.15) is 32.1 Å². The third-order valence-corrected chi connectivity index (χ3v) is 4.21. The third-order valence-electron chi connectivity index (χ3n) is 3.31. The lowest BCUT2D eigenvalue weighted by Gasteiger charge is -2.19. The maximum absolute atomic E-state index is 11.8. The molecule has 0 spiro atoms. The van der Waals surface area contributed by atoms with E-state index in [1.54, 1.807) is 11.3 Å². The summed E-state index contributed by atoms with van der Waals surface area (Å²) in [5.41, 5.74) is 5.88. The topological polar surface area (TPSA) is 55.1 Å². The molecule has 3 nitrogen and oxygen atoms in total. The predicted molar refractivity (Wildman–Crippen MR) is 84.9 cm³/mol. The van der Waals surface area contributed by atoms with Gasteiger partial charge in [-0.15, -0.1) is 23.7 Å². The number of halogens is 1. The summed E-state index contributed by atoms with van der Waals surface area (Å²) in [5.74, 6) is 0.650. The van der Waals surface area contributed by atoms with Crippen LogP contribution in [0.5, 0.6) is 0 Å². The number of carbonyl (C=O) groups excluding carboxylic acids is 1. The average molecular weight is 305 g/mol. The molecule has 1 amide bonds. The average Bonchev–Trinajstić information content (AvgIpc) is 2.86. The van der Waals surface area contributed by atoms with Crippen LogP contribution in [0.2, 0.25) is 0 Å². The lowest BCUT2D eigenvalue weighted by Crippen LogP contribution is -2.45. The van der Waals surface area contributed by atoms with Gasteiger partial charge in [0.15, 0.2) is 0 Å². The smallest absolute Gasteiger partial charge is 0.237 e. The number of carbonyl (C=O) groups is 1. The highest BCUT2D eigenvalue weighted by atomic mass is 35.5. The van der Waals surface area contributed by atoms with Crippen LogP contribution in [0.4, 0.5) is 0 Å². The van der Waals surface area contributed by atoms with Crippen molar-refractivity contribution in [3.8, 4) is 0 Å². The quantitative estimate of drug-likeness (QED) is 0.814. The minimum Gasteiger partial charge on any atom is -0.354 e. The molecule has 3 N–H and O–H groups in total. The van der Waals surface area contributed by atoms with Gasteiger partial charge in [0.05, 0.1) is 6.04 Å². The van der Waals surface area contributed by atoms with Gasteiger partial charge in [0.25, 0.3) is 0 Å². The normalized spacial score (nSPS) is 15.2. The lowest BCUT2D eigenvalue weighted by atomic mass is 9.99. The standard InChI is InChI=1S/C14H24N2OS.ClH/c1-4-11(3)13(15)14(17)16-9-10(2)8-12-6-5-7-18-12;/h5-7,10-11,13H,4,8-9,15H2,1-3H3,(H,16,17);1H. The van der Waals surface area contributed by atoms with E-state index in [0.29, 0.717) is 12.5 Å². The number of nitrogens with two attached hydrogens (primary N) is 1. The minimum atomic E-state index is -0.385. The van der Waals surface area contributed by atoms with Crippen molar-refractivity contribution in [2.24, 2.45) is 17.6 Å². The molecule has 0 aliphatic carbocycles. The van der Waals surface area contributed by atoms with E-state index < -0.39 is 0 Å². The Morgan fingerprint density at radius 1 is 1.47 bits per heavy atom. The van der Waals surface area contributed by atoms with Crippen molar-refractivity contribution in [1.29, 1.82) is 0 Å². The van der Waals surface area contributed by atoms with E-state index in [1.807, 2.05) is 6.92 Å². The molecule has 0 fully saturated rings. The Morgan fingerprint density at radius 2 is 2.16 bits per heavy atom. The van der Waals surface area contributed by atoms with E-state index >= 15 is 0 Å². The van der Waals surface area contributed by atoms with E-state index in [4.69, 9.17) is 5.73 Å². The lowest BCUT2D eigenvalue weighted by molar-refractivity contribution is -0.123. The maximum atomic E-state index is 11.8. The Hall–Kier alpha value is -0.580. The van der Waals surface area contributed by atoms with Gasteiger partial charge in [0, 0.05) is 11.4 Å². The first-order valence-electron chi connectivity index (χ1n) is 6.60. The van der Waals surface area contributed by atoms with Gasteiger partial charge in [-0.25, -0.2) is 0 Å². The number of rotatable bonds is 7. The Labute approximate surface area is 126 Å². The number of thiophene rings is 1. The van der Waals surface area contributed by atoms with Gasteiger partial charge in [-0.1, -0.05) is 33.3 Å². The van der Waals surface area contributed by atoms with Crippen LogP contribution < -0.4 is 11.1 Å². The van der Waals surface area contributed by atoms with Crippen molar-refractivity contribution < 1.29 is 4.79 Å². The highest BCUT2D eigenvalue weighted by Gasteiger charge is 2.19. The molecule has 0 aliphatic heterocycles. The molecule has 1 aromatic heterocycles. The van der Waals surface area contributed by atoms with Gasteiger partial charge >= 0.3 is 0 Å². The zero-order chi connectivity index (χ0) is 13.5. The Kier molecular flexibility index (Phi) is 9.06. The van der Waals surface area contributed by atoms with E-state index in [9.17, 15) is 4.79 Å². The van der Waals surface area contributed by atoms with Gasteiger partial charge < -0.3 is 11.1 Å². The summed E-state index contributed by atoms with van der Waals surface area (Å²) >= 11 is 1.76. The highest BCUT2D eigenvalue weighted by Crippen LogP contribution is 2.14. The van der Waals surface area contributed by atoms with Crippen molar-refractivity contribution in [3.05, 3.63) is 22.4 Å². The number of nitrogens with one attached hydrogen (secondary N) is 1. The minimum absolute atomic E-state index is 0. The molecule has 1 aromatic rings. The van der Waals surface area contributed by atoms with Crippen LogP contribution in [0, 0.1) is 11.8 Å². The second-order valence-electron chi connectivity index (χ2n) is 5.05. The largest absolute Gasteiger partial charge is 0.354 e. The Balaban J connectivity index is 0.00000324. The fourth-order valence-corrected chi connectivity index (χ4v) is 2.62. The van der Waals surface area contributed by atoms with Gasteiger partial charge in [-0.2, -0.15) is 0 Å². The zero-order valence-electron chi connectivity index (χ0n) is 11.9. The molecule has 0 aliphatic rings. The second-order valence-corrected chi connectivity index (χ2v) is 6.08. The molecule has 0 radical (unpaired) electrons. The number of hydrogen-bond acceptors (Lipinski definition) is 3. The Bertz CT molecular complexity index is 356. The first kappa shape index (κ1) is 18.4. The Morgan fingerprint density at radius 3 is 2.68 bits per heavy atom. The van der Waals surface area contributed by atoms with Crippen molar-refractivity contribution in [2.75, 3.05) is 6.54 Å². The van der Waals surface area contributed by atoms with Gasteiger partial charge in [0.2, 0.25) is 5.91 Å². The number of amides is 1. The van der Waals surface area contributed by atoms with Crippen molar-refractivity contribution >= 4 is 29.7 Å². The zero-order valence-corrected chi connectivity index (χ0v) is 13.5. The summed E-state index contributed by atoms with van der Waals surface area (Å²) in [4.78, 5) is 13.2. The molecule has 110 valence electrons. The summed E-state index contributed by atoms with van der Waals surface area (Å²) in [6, 6.07) is 3.81. The monoisotopic (exact) mass is 304 g/mol. The van der Waals surface area contributed by atoms with Crippen LogP contribution in [0.25, 0.3) is 0 Å². The summed E-state index contributed by atoms with van der Waals surface area (Å²) < 4.78 is 0. The van der Waals surface area contributed by atoms with Crippen LogP contribution >= 0.6 is 23.7 Å².